The third-order valence-electron chi connectivity index (χ3n) is 5.69. The number of nitrogens with zero attached hydrogens (tertiary/aromatic N) is 3. The maximum atomic E-state index is 13.4. The van der Waals surface area contributed by atoms with Crippen molar-refractivity contribution < 1.29 is 23.1 Å². The van der Waals surface area contributed by atoms with Gasteiger partial charge in [-0.15, -0.1) is 5.10 Å². The fraction of sp³-hybridized carbons (Fsp3) is 0.0667. The Morgan fingerprint density at radius 3 is 2.59 bits per heavy atom. The lowest BCUT2D eigenvalue weighted by atomic mass is 10.2. The van der Waals surface area contributed by atoms with E-state index >= 15 is 0 Å². The number of carbonyl (C=O) groups excluding carboxylic acids is 2. The fourth-order valence-electron chi connectivity index (χ4n) is 3.72. The number of halogens is 2. The molecule has 0 bridgehead atoms. The number of nitrogens with one attached hydrogen (secondary N) is 1. The smallest absolute Gasteiger partial charge is 0.267 e. The van der Waals surface area contributed by atoms with Crippen LogP contribution in [0.25, 0.3) is 6.08 Å². The van der Waals surface area contributed by atoms with Gasteiger partial charge in [-0.2, -0.15) is 5.10 Å². The molecule has 8 nitrogen and oxygen atoms in total. The summed E-state index contributed by atoms with van der Waals surface area (Å²) < 4.78 is 24.4. The first-order valence-corrected chi connectivity index (χ1v) is 13.5. The zero-order valence-corrected chi connectivity index (χ0v) is 22.9. The Kier molecular flexibility index (Phi) is 8.92. The molecule has 0 saturated carbocycles. The highest BCUT2D eigenvalue weighted by Crippen LogP contribution is 2.35. The number of hydrogen-bond donors (Lipinski definition) is 1. The van der Waals surface area contributed by atoms with Gasteiger partial charge in [0.15, 0.2) is 11.8 Å². The van der Waals surface area contributed by atoms with Gasteiger partial charge in [-0.25, -0.2) is 4.39 Å². The minimum atomic E-state index is -0.351. The van der Waals surface area contributed by atoms with Crippen LogP contribution in [0.2, 0.25) is 5.02 Å². The summed E-state index contributed by atoms with van der Waals surface area (Å²) in [6.45, 7) is -0.0799. The Hall–Kier alpha value is -4.67. The third kappa shape index (κ3) is 7.50. The minimum Gasteiger partial charge on any atom is -0.483 e. The number of anilines is 1. The van der Waals surface area contributed by atoms with E-state index in [1.807, 2.05) is 0 Å². The molecule has 1 N–H and O–H groups in total. The van der Waals surface area contributed by atoms with Crippen LogP contribution < -0.4 is 10.1 Å². The number of ether oxygens (including phenoxy) is 1. The summed E-state index contributed by atoms with van der Waals surface area (Å²) in [4.78, 5) is 27.7. The van der Waals surface area contributed by atoms with Crippen molar-refractivity contribution in [3.05, 3.63) is 124 Å². The molecule has 0 aliphatic carbocycles. The van der Waals surface area contributed by atoms with E-state index in [-0.39, 0.29) is 30.8 Å². The van der Waals surface area contributed by atoms with E-state index < -0.39 is 0 Å². The first kappa shape index (κ1) is 27.9. The molecule has 4 aromatic rings. The predicted octanol–water partition coefficient (Wildman–Crippen LogP) is 6.60. The van der Waals surface area contributed by atoms with Crippen LogP contribution in [-0.4, -0.2) is 34.7 Å². The van der Waals surface area contributed by atoms with Crippen LogP contribution in [0, 0.1) is 5.82 Å². The largest absolute Gasteiger partial charge is 0.483 e. The average Bonchev–Trinajstić information content (AvgIpc) is 3.59. The number of rotatable bonds is 9. The van der Waals surface area contributed by atoms with E-state index in [4.69, 9.17) is 20.8 Å². The van der Waals surface area contributed by atoms with Gasteiger partial charge in [-0.05, 0) is 78.0 Å². The van der Waals surface area contributed by atoms with Gasteiger partial charge in [0.05, 0.1) is 23.9 Å². The lowest BCUT2D eigenvalue weighted by Crippen LogP contribution is -2.28. The summed E-state index contributed by atoms with van der Waals surface area (Å²) in [5.41, 5.74) is 1.86. The van der Waals surface area contributed by atoms with E-state index in [9.17, 15) is 14.0 Å². The summed E-state index contributed by atoms with van der Waals surface area (Å²) in [6, 6.07) is 23.1. The quantitative estimate of drug-likeness (QED) is 0.135. The number of furan rings is 1. The molecule has 1 aliphatic rings. The van der Waals surface area contributed by atoms with Gasteiger partial charge in [-0.3, -0.25) is 14.5 Å². The molecule has 5 rings (SSSR count). The molecule has 1 saturated heterocycles. The molecule has 2 amide bonds. The first-order chi connectivity index (χ1) is 19.9. The summed E-state index contributed by atoms with van der Waals surface area (Å²) in [5, 5.41) is 12.0. The second kappa shape index (κ2) is 13.1. The number of hydrogen-bond acceptors (Lipinski definition) is 7. The Balaban J connectivity index is 1.33. The van der Waals surface area contributed by atoms with Gasteiger partial charge in [0, 0.05) is 16.3 Å². The van der Waals surface area contributed by atoms with Crippen LogP contribution in [-0.2, 0) is 16.1 Å². The standard InChI is InChI=1S/C30H22ClFN4O4S/c31-22-9-13-24(14-10-22)34-28(37)19-40-26-6-2-1-4-21(26)16-27-29(38)36(18-25-5-3-15-39-25)30(41-27)35-33-17-20-7-11-23(32)12-8-20/h1-17H,18-19H2,(H,34,37)/b27-16-,33-17+,35-30-. The zero-order valence-electron chi connectivity index (χ0n) is 21.4. The van der Waals surface area contributed by atoms with Gasteiger partial charge >= 0.3 is 0 Å². The second-order valence-corrected chi connectivity index (χ2v) is 10.1. The molecule has 1 aliphatic heterocycles. The Morgan fingerprint density at radius 1 is 1.05 bits per heavy atom. The lowest BCUT2D eigenvalue weighted by molar-refractivity contribution is -0.122. The van der Waals surface area contributed by atoms with Crippen molar-refractivity contribution in [2.75, 3.05) is 11.9 Å². The molecule has 1 fully saturated rings. The van der Waals surface area contributed by atoms with Crippen LogP contribution in [0.5, 0.6) is 5.75 Å². The molecule has 206 valence electrons. The van der Waals surface area contributed by atoms with Crippen LogP contribution in [0.4, 0.5) is 10.1 Å². The van der Waals surface area contributed by atoms with E-state index in [0.29, 0.717) is 43.4 Å². The molecule has 0 unspecified atom stereocenters. The summed E-state index contributed by atoms with van der Waals surface area (Å²) in [6.07, 6.45) is 4.68. The van der Waals surface area contributed by atoms with E-state index in [2.05, 4.69) is 15.5 Å². The number of amides is 2. The lowest BCUT2D eigenvalue weighted by Gasteiger charge is -2.12. The number of amidine groups is 1. The van der Waals surface area contributed by atoms with Crippen molar-refractivity contribution in [1.82, 2.24) is 4.90 Å². The highest BCUT2D eigenvalue weighted by Gasteiger charge is 2.34. The van der Waals surface area contributed by atoms with Gasteiger partial charge in [-0.1, -0.05) is 41.9 Å². The fourth-order valence-corrected chi connectivity index (χ4v) is 4.77. The Morgan fingerprint density at radius 2 is 1.83 bits per heavy atom. The molecular formula is C30H22ClFN4O4S. The monoisotopic (exact) mass is 588 g/mol. The van der Waals surface area contributed by atoms with E-state index in [0.717, 1.165) is 11.8 Å². The summed E-state index contributed by atoms with van der Waals surface area (Å²) in [5.74, 6) is 0.00985. The topological polar surface area (TPSA) is 96.5 Å². The van der Waals surface area contributed by atoms with Crippen molar-refractivity contribution in [2.24, 2.45) is 10.2 Å². The minimum absolute atomic E-state index is 0.157. The number of thioether (sulfide) groups is 1. The van der Waals surface area contributed by atoms with Crippen molar-refractivity contribution in [3.8, 4) is 5.75 Å². The zero-order chi connectivity index (χ0) is 28.6. The van der Waals surface area contributed by atoms with Crippen LogP contribution in [0.3, 0.4) is 0 Å². The van der Waals surface area contributed by atoms with Crippen LogP contribution >= 0.6 is 23.4 Å². The molecule has 0 spiro atoms. The number of para-hydroxylation sites is 1. The molecule has 3 aromatic carbocycles. The van der Waals surface area contributed by atoms with E-state index in [1.54, 1.807) is 78.9 Å². The Bertz CT molecular complexity index is 1620. The maximum Gasteiger partial charge on any atom is 0.267 e. The maximum absolute atomic E-state index is 13.4. The van der Waals surface area contributed by atoms with Crippen LogP contribution in [0.1, 0.15) is 16.9 Å². The predicted molar refractivity (Wildman–Crippen MR) is 158 cm³/mol. The van der Waals surface area contributed by atoms with Gasteiger partial charge in [0.2, 0.25) is 0 Å². The molecule has 2 heterocycles. The summed E-state index contributed by atoms with van der Waals surface area (Å²) >= 11 is 7.04. The molecule has 11 heteroatoms. The molecule has 1 aromatic heterocycles. The highest BCUT2D eigenvalue weighted by molar-refractivity contribution is 8.18. The van der Waals surface area contributed by atoms with Crippen molar-refractivity contribution in [1.29, 1.82) is 0 Å². The van der Waals surface area contributed by atoms with Crippen molar-refractivity contribution in [3.63, 3.8) is 0 Å². The van der Waals surface area contributed by atoms with Gasteiger partial charge in [0.1, 0.15) is 17.3 Å². The number of benzene rings is 3. The second-order valence-electron chi connectivity index (χ2n) is 8.64. The van der Waals surface area contributed by atoms with E-state index in [1.165, 1.54) is 29.5 Å². The number of carbonyl (C=O) groups is 2. The molecule has 41 heavy (non-hydrogen) atoms. The van der Waals surface area contributed by atoms with Crippen molar-refractivity contribution in [2.45, 2.75) is 6.54 Å². The average molecular weight is 589 g/mol. The van der Waals surface area contributed by atoms with Gasteiger partial charge < -0.3 is 14.5 Å². The first-order valence-electron chi connectivity index (χ1n) is 12.3. The normalized spacial score (nSPS) is 15.3. The highest BCUT2D eigenvalue weighted by atomic mass is 35.5. The van der Waals surface area contributed by atoms with Gasteiger partial charge in [0.25, 0.3) is 11.8 Å². The summed E-state index contributed by atoms with van der Waals surface area (Å²) in [7, 11) is 0. The van der Waals surface area contributed by atoms with Crippen LogP contribution in [0.15, 0.2) is 111 Å². The molecule has 0 atom stereocenters. The van der Waals surface area contributed by atoms with Crippen molar-refractivity contribution >= 4 is 58.3 Å². The Labute approximate surface area is 244 Å². The molecule has 0 radical (unpaired) electrons. The molecular weight excluding hydrogens is 567 g/mol. The third-order valence-corrected chi connectivity index (χ3v) is 6.94. The SMILES string of the molecule is O=C(COc1ccccc1/C=C1\S/C(=N\N=C\c2ccc(F)cc2)N(Cc2ccco2)C1=O)Nc1ccc(Cl)cc1.